The minimum Gasteiger partial charge on any atom is -0.342 e. The second-order valence-corrected chi connectivity index (χ2v) is 8.55. The van der Waals surface area contributed by atoms with Gasteiger partial charge in [-0.25, -0.2) is 9.67 Å². The molecule has 0 spiro atoms. The standard InChI is InChI=1S/C22H27ClN6O2/c1-3-15(4-2)22(31)28-10-8-16(9-11-28)19-24-20-18(21(30)25-19)26-27-29(20)13-14-6-5-7-17(23)12-14/h5-7,12,15-16H,3-4,8-11,13H2,1-2H3,(H,24,25,30). The molecule has 2 aromatic heterocycles. The lowest BCUT2D eigenvalue weighted by atomic mass is 9.93. The van der Waals surface area contributed by atoms with E-state index in [4.69, 9.17) is 16.6 Å². The summed E-state index contributed by atoms with van der Waals surface area (Å²) in [6.07, 6.45) is 3.28. The molecule has 1 fully saturated rings. The van der Waals surface area contributed by atoms with Gasteiger partial charge in [-0.05, 0) is 43.4 Å². The highest BCUT2D eigenvalue weighted by atomic mass is 35.5. The zero-order chi connectivity index (χ0) is 22.0. The molecule has 3 aromatic rings. The number of carbonyl (C=O) groups excluding carboxylic acids is 1. The maximum Gasteiger partial charge on any atom is 0.281 e. The molecule has 0 radical (unpaired) electrons. The number of aromatic amines is 1. The van der Waals surface area contributed by atoms with Crippen molar-refractivity contribution in [3.05, 3.63) is 51.0 Å². The van der Waals surface area contributed by atoms with Crippen molar-refractivity contribution in [3.63, 3.8) is 0 Å². The number of aromatic nitrogens is 5. The van der Waals surface area contributed by atoms with Gasteiger partial charge >= 0.3 is 0 Å². The van der Waals surface area contributed by atoms with Crippen molar-refractivity contribution in [1.29, 1.82) is 0 Å². The van der Waals surface area contributed by atoms with Crippen molar-refractivity contribution in [2.45, 2.75) is 52.0 Å². The molecule has 1 aromatic carbocycles. The Morgan fingerprint density at radius 3 is 2.68 bits per heavy atom. The van der Waals surface area contributed by atoms with E-state index in [1.165, 1.54) is 0 Å². The molecule has 1 aliphatic rings. The number of rotatable bonds is 6. The number of fused-ring (bicyclic) bond motifs is 1. The molecule has 0 aliphatic carbocycles. The first-order valence-electron chi connectivity index (χ1n) is 10.9. The number of nitrogens with one attached hydrogen (secondary N) is 1. The van der Waals surface area contributed by atoms with E-state index in [-0.39, 0.29) is 28.8 Å². The number of benzene rings is 1. The van der Waals surface area contributed by atoms with Crippen LogP contribution in [0.1, 0.15) is 56.8 Å². The van der Waals surface area contributed by atoms with Crippen LogP contribution in [0, 0.1) is 5.92 Å². The van der Waals surface area contributed by atoms with E-state index in [0.29, 0.717) is 36.1 Å². The molecule has 0 saturated carbocycles. The molecule has 1 amide bonds. The van der Waals surface area contributed by atoms with Crippen LogP contribution < -0.4 is 5.56 Å². The number of H-pyrrole nitrogens is 1. The van der Waals surface area contributed by atoms with Gasteiger partial charge in [0.1, 0.15) is 5.82 Å². The molecule has 1 saturated heterocycles. The summed E-state index contributed by atoms with van der Waals surface area (Å²) in [5.41, 5.74) is 1.37. The van der Waals surface area contributed by atoms with Crippen LogP contribution in [-0.4, -0.2) is 48.9 Å². The lowest BCUT2D eigenvalue weighted by molar-refractivity contribution is -0.136. The molecule has 0 atom stereocenters. The molecule has 9 heteroatoms. The average molecular weight is 443 g/mol. The van der Waals surface area contributed by atoms with Gasteiger partial charge in [-0.3, -0.25) is 9.59 Å². The molecule has 31 heavy (non-hydrogen) atoms. The maximum atomic E-state index is 12.7. The lowest BCUT2D eigenvalue weighted by Gasteiger charge is -2.33. The molecule has 0 unspecified atom stereocenters. The summed E-state index contributed by atoms with van der Waals surface area (Å²) in [7, 11) is 0. The molecular weight excluding hydrogens is 416 g/mol. The van der Waals surface area contributed by atoms with Crippen molar-refractivity contribution >= 4 is 28.7 Å². The van der Waals surface area contributed by atoms with Gasteiger partial charge in [0, 0.05) is 29.9 Å². The first-order chi connectivity index (χ1) is 15.0. The van der Waals surface area contributed by atoms with Crippen LogP contribution in [-0.2, 0) is 11.3 Å². The SMILES string of the molecule is CCC(CC)C(=O)N1CCC(c2nc3c(nnn3Cc3cccc(Cl)c3)c(=O)[nH]2)CC1. The predicted molar refractivity (Wildman–Crippen MR) is 119 cm³/mol. The van der Waals surface area contributed by atoms with Crippen molar-refractivity contribution < 1.29 is 4.79 Å². The number of nitrogens with zero attached hydrogens (tertiary/aromatic N) is 5. The molecule has 4 rings (SSSR count). The first-order valence-corrected chi connectivity index (χ1v) is 11.2. The van der Waals surface area contributed by atoms with Gasteiger partial charge < -0.3 is 9.88 Å². The molecule has 1 aliphatic heterocycles. The largest absolute Gasteiger partial charge is 0.342 e. The highest BCUT2D eigenvalue weighted by molar-refractivity contribution is 6.30. The summed E-state index contributed by atoms with van der Waals surface area (Å²) in [5, 5.41) is 8.79. The van der Waals surface area contributed by atoms with E-state index in [0.717, 1.165) is 31.2 Å². The molecule has 164 valence electrons. The summed E-state index contributed by atoms with van der Waals surface area (Å²) in [6.45, 7) is 5.91. The van der Waals surface area contributed by atoms with E-state index >= 15 is 0 Å². The van der Waals surface area contributed by atoms with Crippen LogP contribution in [0.2, 0.25) is 5.02 Å². The van der Waals surface area contributed by atoms with Gasteiger partial charge in [-0.15, -0.1) is 5.10 Å². The van der Waals surface area contributed by atoms with E-state index in [2.05, 4.69) is 29.1 Å². The average Bonchev–Trinajstić information content (AvgIpc) is 3.18. The third-order valence-corrected chi connectivity index (χ3v) is 6.38. The van der Waals surface area contributed by atoms with Crippen molar-refractivity contribution in [3.8, 4) is 0 Å². The lowest BCUT2D eigenvalue weighted by Crippen LogP contribution is -2.41. The molecule has 3 heterocycles. The summed E-state index contributed by atoms with van der Waals surface area (Å²) < 4.78 is 1.63. The van der Waals surface area contributed by atoms with Crippen molar-refractivity contribution in [1.82, 2.24) is 29.9 Å². The monoisotopic (exact) mass is 442 g/mol. The number of hydrogen-bond donors (Lipinski definition) is 1. The first kappa shape index (κ1) is 21.5. The van der Waals surface area contributed by atoms with Gasteiger partial charge in [0.25, 0.3) is 5.56 Å². The third-order valence-electron chi connectivity index (χ3n) is 6.14. The number of hydrogen-bond acceptors (Lipinski definition) is 5. The van der Waals surface area contributed by atoms with Crippen molar-refractivity contribution in [2.75, 3.05) is 13.1 Å². The van der Waals surface area contributed by atoms with Crippen LogP contribution in [0.15, 0.2) is 29.1 Å². The Labute approximate surface area is 185 Å². The molecule has 0 bridgehead atoms. The minimum atomic E-state index is -0.284. The van der Waals surface area contributed by atoms with E-state index in [1.54, 1.807) is 4.68 Å². The normalized spacial score (nSPS) is 15.2. The van der Waals surface area contributed by atoms with E-state index < -0.39 is 0 Å². The fourth-order valence-corrected chi connectivity index (χ4v) is 4.47. The quantitative estimate of drug-likeness (QED) is 0.631. The minimum absolute atomic E-state index is 0.0948. The summed E-state index contributed by atoms with van der Waals surface area (Å²) in [6, 6.07) is 7.49. The molecular formula is C22H27ClN6O2. The Hall–Kier alpha value is -2.74. The number of amides is 1. The predicted octanol–water partition coefficient (Wildman–Crippen LogP) is 3.36. The summed E-state index contributed by atoms with van der Waals surface area (Å²) in [5.74, 6) is 1.07. The fourth-order valence-electron chi connectivity index (χ4n) is 4.26. The van der Waals surface area contributed by atoms with Gasteiger partial charge in [-0.2, -0.15) is 0 Å². The highest BCUT2D eigenvalue weighted by Gasteiger charge is 2.28. The van der Waals surface area contributed by atoms with Gasteiger partial charge in [0.2, 0.25) is 5.91 Å². The number of halogens is 1. The van der Waals surface area contributed by atoms with Gasteiger partial charge in [0.05, 0.1) is 6.54 Å². The van der Waals surface area contributed by atoms with Crippen LogP contribution in [0.25, 0.3) is 11.2 Å². The number of carbonyl (C=O) groups is 1. The Bertz CT molecular complexity index is 1130. The Morgan fingerprint density at radius 2 is 2.00 bits per heavy atom. The number of piperidine rings is 1. The summed E-state index contributed by atoms with van der Waals surface area (Å²) >= 11 is 6.08. The second-order valence-electron chi connectivity index (χ2n) is 8.11. The van der Waals surface area contributed by atoms with Crippen LogP contribution >= 0.6 is 11.6 Å². The third kappa shape index (κ3) is 4.49. The van der Waals surface area contributed by atoms with E-state index in [1.807, 2.05) is 29.2 Å². The zero-order valence-electron chi connectivity index (χ0n) is 17.8. The molecule has 8 nitrogen and oxygen atoms in total. The Balaban J connectivity index is 1.54. The maximum absolute atomic E-state index is 12.7. The van der Waals surface area contributed by atoms with Gasteiger partial charge in [-0.1, -0.05) is 42.8 Å². The molecule has 1 N–H and O–H groups in total. The fraction of sp³-hybridized carbons (Fsp3) is 0.500. The van der Waals surface area contributed by atoms with Crippen LogP contribution in [0.3, 0.4) is 0 Å². The second kappa shape index (κ2) is 9.18. The smallest absolute Gasteiger partial charge is 0.281 e. The van der Waals surface area contributed by atoms with E-state index in [9.17, 15) is 9.59 Å². The van der Waals surface area contributed by atoms with Crippen LogP contribution in [0.5, 0.6) is 0 Å². The summed E-state index contributed by atoms with van der Waals surface area (Å²) in [4.78, 5) is 34.8. The zero-order valence-corrected chi connectivity index (χ0v) is 18.6. The van der Waals surface area contributed by atoms with Crippen molar-refractivity contribution in [2.24, 2.45) is 5.92 Å². The Morgan fingerprint density at radius 1 is 1.26 bits per heavy atom. The highest BCUT2D eigenvalue weighted by Crippen LogP contribution is 2.27. The van der Waals surface area contributed by atoms with Gasteiger partial charge in [0.15, 0.2) is 11.2 Å². The Kier molecular flexibility index (Phi) is 6.36. The number of likely N-dealkylation sites (tertiary alicyclic amines) is 1. The van der Waals surface area contributed by atoms with Crippen LogP contribution in [0.4, 0.5) is 0 Å². The topological polar surface area (TPSA) is 96.8 Å².